The highest BCUT2D eigenvalue weighted by molar-refractivity contribution is 5.68. The zero-order chi connectivity index (χ0) is 12.5. The fourth-order valence-corrected chi connectivity index (χ4v) is 2.34. The molecule has 1 N–H and O–H groups in total. The van der Waals surface area contributed by atoms with Crippen molar-refractivity contribution in [3.05, 3.63) is 0 Å². The summed E-state index contributed by atoms with van der Waals surface area (Å²) in [7, 11) is 0. The molecule has 2 fully saturated rings. The molecule has 17 heavy (non-hydrogen) atoms. The van der Waals surface area contributed by atoms with Crippen LogP contribution in [-0.4, -0.2) is 48.6 Å². The SMILES string of the molecule is CC(C)(C)OC(=O)N1CCCC2(C1)NCCO2. The summed E-state index contributed by atoms with van der Waals surface area (Å²) in [4.78, 5) is 13.7. The summed E-state index contributed by atoms with van der Waals surface area (Å²) in [6.07, 6.45) is 1.67. The Balaban J connectivity index is 1.95. The summed E-state index contributed by atoms with van der Waals surface area (Å²) in [5.41, 5.74) is -0.763. The molecule has 5 heteroatoms. The predicted molar refractivity (Wildman–Crippen MR) is 63.7 cm³/mol. The van der Waals surface area contributed by atoms with Crippen LogP contribution < -0.4 is 5.32 Å². The van der Waals surface area contributed by atoms with Gasteiger partial charge in [0.1, 0.15) is 11.3 Å². The van der Waals surface area contributed by atoms with Gasteiger partial charge in [-0.2, -0.15) is 0 Å². The van der Waals surface area contributed by atoms with Crippen LogP contribution in [0.4, 0.5) is 4.79 Å². The van der Waals surface area contributed by atoms with Crippen LogP contribution in [0.3, 0.4) is 0 Å². The highest BCUT2D eigenvalue weighted by Gasteiger charge is 2.41. The van der Waals surface area contributed by atoms with E-state index >= 15 is 0 Å². The summed E-state index contributed by atoms with van der Waals surface area (Å²) < 4.78 is 11.1. The quantitative estimate of drug-likeness (QED) is 0.696. The number of carbonyl (C=O) groups is 1. The number of carbonyl (C=O) groups excluding carboxylic acids is 1. The second-order valence-corrected chi connectivity index (χ2v) is 5.77. The van der Waals surface area contributed by atoms with Crippen molar-refractivity contribution >= 4 is 6.09 Å². The first kappa shape index (κ1) is 12.6. The number of rotatable bonds is 0. The summed E-state index contributed by atoms with van der Waals surface area (Å²) in [6, 6.07) is 0. The average molecular weight is 242 g/mol. The van der Waals surface area contributed by atoms with Crippen LogP contribution in [0.5, 0.6) is 0 Å². The summed E-state index contributed by atoms with van der Waals surface area (Å²) in [5, 5.41) is 3.35. The minimum absolute atomic E-state index is 0.242. The van der Waals surface area contributed by atoms with Crippen LogP contribution in [0.25, 0.3) is 0 Å². The molecule has 2 aliphatic rings. The van der Waals surface area contributed by atoms with Crippen molar-refractivity contribution in [1.82, 2.24) is 10.2 Å². The summed E-state index contributed by atoms with van der Waals surface area (Å²) in [6.45, 7) is 8.58. The molecule has 2 aliphatic heterocycles. The Morgan fingerprint density at radius 1 is 1.47 bits per heavy atom. The maximum Gasteiger partial charge on any atom is 0.410 e. The number of likely N-dealkylation sites (tertiary alicyclic amines) is 1. The minimum atomic E-state index is -0.439. The van der Waals surface area contributed by atoms with Crippen molar-refractivity contribution in [1.29, 1.82) is 0 Å². The van der Waals surface area contributed by atoms with E-state index in [9.17, 15) is 4.79 Å². The minimum Gasteiger partial charge on any atom is -0.444 e. The molecular formula is C12H22N2O3. The van der Waals surface area contributed by atoms with Crippen molar-refractivity contribution < 1.29 is 14.3 Å². The molecular weight excluding hydrogens is 220 g/mol. The van der Waals surface area contributed by atoms with Gasteiger partial charge in [0.15, 0.2) is 0 Å². The third kappa shape index (κ3) is 3.10. The summed E-state index contributed by atoms with van der Waals surface area (Å²) >= 11 is 0. The van der Waals surface area contributed by atoms with Crippen molar-refractivity contribution in [2.45, 2.75) is 44.9 Å². The van der Waals surface area contributed by atoms with E-state index in [1.165, 1.54) is 0 Å². The Bertz CT molecular complexity index is 293. The van der Waals surface area contributed by atoms with E-state index in [1.54, 1.807) is 4.90 Å². The van der Waals surface area contributed by atoms with E-state index < -0.39 is 5.60 Å². The van der Waals surface area contributed by atoms with Gasteiger partial charge in [0.05, 0.1) is 13.2 Å². The fraction of sp³-hybridized carbons (Fsp3) is 0.917. The Labute approximate surface area is 102 Å². The lowest BCUT2D eigenvalue weighted by molar-refractivity contribution is -0.0681. The molecule has 2 rings (SSSR count). The van der Waals surface area contributed by atoms with Gasteiger partial charge in [-0.05, 0) is 33.6 Å². The smallest absolute Gasteiger partial charge is 0.410 e. The highest BCUT2D eigenvalue weighted by Crippen LogP contribution is 2.26. The first-order valence-corrected chi connectivity index (χ1v) is 6.27. The normalized spacial score (nSPS) is 29.7. The molecule has 1 spiro atoms. The molecule has 0 aromatic heterocycles. The summed E-state index contributed by atoms with van der Waals surface area (Å²) in [5.74, 6) is 0. The van der Waals surface area contributed by atoms with Gasteiger partial charge in [0.25, 0.3) is 0 Å². The molecule has 2 saturated heterocycles. The molecule has 0 bridgehead atoms. The third-order valence-corrected chi connectivity index (χ3v) is 3.03. The Morgan fingerprint density at radius 3 is 2.82 bits per heavy atom. The number of ether oxygens (including phenoxy) is 2. The molecule has 1 unspecified atom stereocenters. The number of nitrogens with one attached hydrogen (secondary N) is 1. The lowest BCUT2D eigenvalue weighted by atomic mass is 10.0. The zero-order valence-corrected chi connectivity index (χ0v) is 10.9. The Hall–Kier alpha value is -0.810. The van der Waals surface area contributed by atoms with E-state index in [0.717, 1.165) is 32.5 Å². The van der Waals surface area contributed by atoms with Crippen molar-refractivity contribution in [2.24, 2.45) is 0 Å². The Morgan fingerprint density at radius 2 is 2.24 bits per heavy atom. The molecule has 5 nitrogen and oxygen atoms in total. The molecule has 98 valence electrons. The predicted octanol–water partition coefficient (Wildman–Crippen LogP) is 1.33. The van der Waals surface area contributed by atoms with Gasteiger partial charge in [0, 0.05) is 13.1 Å². The van der Waals surface area contributed by atoms with Crippen molar-refractivity contribution in [3.63, 3.8) is 0 Å². The van der Waals surface area contributed by atoms with E-state index in [-0.39, 0.29) is 11.8 Å². The van der Waals surface area contributed by atoms with Gasteiger partial charge in [-0.1, -0.05) is 0 Å². The van der Waals surface area contributed by atoms with E-state index in [2.05, 4.69) is 5.32 Å². The number of piperidine rings is 1. The second kappa shape index (κ2) is 4.46. The molecule has 1 amide bonds. The van der Waals surface area contributed by atoms with Gasteiger partial charge in [-0.15, -0.1) is 0 Å². The standard InChI is InChI=1S/C12H22N2O3/c1-11(2,3)17-10(15)14-7-4-5-12(9-14)13-6-8-16-12/h13H,4-9H2,1-3H3. The second-order valence-electron chi connectivity index (χ2n) is 5.77. The molecule has 2 heterocycles. The monoisotopic (exact) mass is 242 g/mol. The van der Waals surface area contributed by atoms with Crippen molar-refractivity contribution in [2.75, 3.05) is 26.2 Å². The maximum absolute atomic E-state index is 12.0. The van der Waals surface area contributed by atoms with Gasteiger partial charge >= 0.3 is 6.09 Å². The first-order chi connectivity index (χ1) is 7.90. The fourth-order valence-electron chi connectivity index (χ4n) is 2.34. The van der Waals surface area contributed by atoms with E-state index in [0.29, 0.717) is 6.54 Å². The topological polar surface area (TPSA) is 50.8 Å². The number of hydrogen-bond acceptors (Lipinski definition) is 4. The molecule has 0 aromatic carbocycles. The van der Waals surface area contributed by atoms with Crippen LogP contribution in [0.15, 0.2) is 0 Å². The number of nitrogens with zero attached hydrogens (tertiary/aromatic N) is 1. The molecule has 0 saturated carbocycles. The number of amides is 1. The molecule has 1 atom stereocenters. The van der Waals surface area contributed by atoms with Crippen LogP contribution in [0.1, 0.15) is 33.6 Å². The lowest BCUT2D eigenvalue weighted by Crippen LogP contribution is -2.56. The first-order valence-electron chi connectivity index (χ1n) is 6.27. The van der Waals surface area contributed by atoms with Crippen LogP contribution in [-0.2, 0) is 9.47 Å². The highest BCUT2D eigenvalue weighted by atomic mass is 16.6. The maximum atomic E-state index is 12.0. The van der Waals surface area contributed by atoms with Gasteiger partial charge in [-0.25, -0.2) is 4.79 Å². The molecule has 0 aromatic rings. The van der Waals surface area contributed by atoms with Crippen LogP contribution >= 0.6 is 0 Å². The third-order valence-electron chi connectivity index (χ3n) is 3.03. The lowest BCUT2D eigenvalue weighted by Gasteiger charge is -2.39. The van der Waals surface area contributed by atoms with Crippen molar-refractivity contribution in [3.8, 4) is 0 Å². The Kier molecular flexibility index (Phi) is 3.32. The average Bonchev–Trinajstić information content (AvgIpc) is 2.64. The van der Waals surface area contributed by atoms with E-state index in [1.807, 2.05) is 20.8 Å². The zero-order valence-electron chi connectivity index (χ0n) is 10.9. The van der Waals surface area contributed by atoms with Gasteiger partial charge in [0.2, 0.25) is 0 Å². The van der Waals surface area contributed by atoms with Gasteiger partial charge in [-0.3, -0.25) is 5.32 Å². The van der Waals surface area contributed by atoms with Crippen LogP contribution in [0, 0.1) is 0 Å². The number of hydrogen-bond donors (Lipinski definition) is 1. The molecule has 0 aliphatic carbocycles. The largest absolute Gasteiger partial charge is 0.444 e. The van der Waals surface area contributed by atoms with Gasteiger partial charge < -0.3 is 14.4 Å². The van der Waals surface area contributed by atoms with E-state index in [4.69, 9.17) is 9.47 Å². The molecule has 0 radical (unpaired) electrons. The van der Waals surface area contributed by atoms with Crippen LogP contribution in [0.2, 0.25) is 0 Å².